The van der Waals surface area contributed by atoms with Crippen LogP contribution in [0.1, 0.15) is 19.0 Å². The summed E-state index contributed by atoms with van der Waals surface area (Å²) in [7, 11) is 2.01. The molecule has 2 rings (SSSR count). The first-order chi connectivity index (χ1) is 7.27. The van der Waals surface area contributed by atoms with Gasteiger partial charge in [-0.15, -0.1) is 11.3 Å². The maximum absolute atomic E-state index is 9.36. The fourth-order valence-corrected chi connectivity index (χ4v) is 2.44. The standard InChI is InChI=1S/C10H15N3OS/c1-3-4-12(2)9-8(7-14)13-5-6-15-10(13)11-9/h5-6,14H,3-4,7H2,1-2H3. The first-order valence-electron chi connectivity index (χ1n) is 5.04. The summed E-state index contributed by atoms with van der Waals surface area (Å²) in [5, 5.41) is 11.3. The number of hydrogen-bond donors (Lipinski definition) is 1. The van der Waals surface area contributed by atoms with Crippen LogP contribution in [0.4, 0.5) is 5.82 Å². The Bertz CT molecular complexity index is 448. The van der Waals surface area contributed by atoms with Crippen LogP contribution in [0.15, 0.2) is 11.6 Å². The van der Waals surface area contributed by atoms with Crippen LogP contribution in [0.5, 0.6) is 0 Å². The molecule has 0 aliphatic carbocycles. The van der Waals surface area contributed by atoms with Gasteiger partial charge in [0, 0.05) is 25.2 Å². The Morgan fingerprint density at radius 3 is 3.07 bits per heavy atom. The summed E-state index contributed by atoms with van der Waals surface area (Å²) in [5.41, 5.74) is 0.877. The third-order valence-corrected chi connectivity index (χ3v) is 3.17. The van der Waals surface area contributed by atoms with E-state index in [1.54, 1.807) is 11.3 Å². The minimum atomic E-state index is 0.0291. The zero-order chi connectivity index (χ0) is 10.8. The monoisotopic (exact) mass is 225 g/mol. The van der Waals surface area contributed by atoms with Gasteiger partial charge in [0.25, 0.3) is 0 Å². The van der Waals surface area contributed by atoms with E-state index in [-0.39, 0.29) is 6.61 Å². The molecule has 0 aliphatic rings. The summed E-state index contributed by atoms with van der Waals surface area (Å²) in [4.78, 5) is 7.54. The molecule has 15 heavy (non-hydrogen) atoms. The summed E-state index contributed by atoms with van der Waals surface area (Å²) in [6.07, 6.45) is 3.02. The van der Waals surface area contributed by atoms with Crippen LogP contribution in [0, 0.1) is 0 Å². The molecule has 2 heterocycles. The van der Waals surface area contributed by atoms with Crippen molar-refractivity contribution in [1.82, 2.24) is 9.38 Å². The number of anilines is 1. The van der Waals surface area contributed by atoms with Gasteiger partial charge in [-0.2, -0.15) is 0 Å². The lowest BCUT2D eigenvalue weighted by Crippen LogP contribution is -2.19. The summed E-state index contributed by atoms with van der Waals surface area (Å²) < 4.78 is 1.95. The van der Waals surface area contributed by atoms with Crippen molar-refractivity contribution in [3.8, 4) is 0 Å². The van der Waals surface area contributed by atoms with Gasteiger partial charge in [-0.25, -0.2) is 4.98 Å². The Morgan fingerprint density at radius 2 is 2.40 bits per heavy atom. The number of rotatable bonds is 4. The molecule has 5 heteroatoms. The van der Waals surface area contributed by atoms with E-state index in [0.29, 0.717) is 0 Å². The third-order valence-electron chi connectivity index (χ3n) is 2.41. The largest absolute Gasteiger partial charge is 0.390 e. The molecule has 2 aromatic rings. The van der Waals surface area contributed by atoms with Gasteiger partial charge < -0.3 is 10.0 Å². The summed E-state index contributed by atoms with van der Waals surface area (Å²) in [6.45, 7) is 3.12. The highest BCUT2D eigenvalue weighted by Gasteiger charge is 2.14. The molecule has 0 aliphatic heterocycles. The highest BCUT2D eigenvalue weighted by molar-refractivity contribution is 7.15. The van der Waals surface area contributed by atoms with E-state index in [1.807, 2.05) is 23.0 Å². The first-order valence-corrected chi connectivity index (χ1v) is 5.92. The number of aliphatic hydroxyl groups excluding tert-OH is 1. The van der Waals surface area contributed by atoms with Gasteiger partial charge in [-0.1, -0.05) is 6.92 Å². The minimum Gasteiger partial charge on any atom is -0.390 e. The second-order valence-electron chi connectivity index (χ2n) is 3.52. The maximum Gasteiger partial charge on any atom is 0.195 e. The van der Waals surface area contributed by atoms with Crippen LogP contribution >= 0.6 is 11.3 Å². The molecular formula is C10H15N3OS. The van der Waals surface area contributed by atoms with Crippen LogP contribution < -0.4 is 4.90 Å². The zero-order valence-corrected chi connectivity index (χ0v) is 9.79. The van der Waals surface area contributed by atoms with Crippen LogP contribution in [0.25, 0.3) is 4.96 Å². The van der Waals surface area contributed by atoms with Crippen LogP contribution in [0.2, 0.25) is 0 Å². The first kappa shape index (κ1) is 10.4. The van der Waals surface area contributed by atoms with Crippen LogP contribution in [0.3, 0.4) is 0 Å². The Kier molecular flexibility index (Phi) is 2.93. The van der Waals surface area contributed by atoms with Crippen molar-refractivity contribution in [3.63, 3.8) is 0 Å². The van der Waals surface area contributed by atoms with Crippen molar-refractivity contribution in [1.29, 1.82) is 0 Å². The second kappa shape index (κ2) is 4.20. The van der Waals surface area contributed by atoms with Gasteiger partial charge in [0.05, 0.1) is 12.3 Å². The molecule has 1 N–H and O–H groups in total. The highest BCUT2D eigenvalue weighted by atomic mass is 32.1. The van der Waals surface area contributed by atoms with Gasteiger partial charge in [-0.05, 0) is 6.42 Å². The van der Waals surface area contributed by atoms with Gasteiger partial charge in [0.1, 0.15) is 0 Å². The van der Waals surface area contributed by atoms with E-state index in [4.69, 9.17) is 0 Å². The number of hydrogen-bond acceptors (Lipinski definition) is 4. The topological polar surface area (TPSA) is 40.8 Å². The van der Waals surface area contributed by atoms with Crippen LogP contribution in [-0.4, -0.2) is 28.1 Å². The average Bonchev–Trinajstić information content (AvgIpc) is 2.76. The van der Waals surface area contributed by atoms with Crippen molar-refractivity contribution < 1.29 is 5.11 Å². The normalized spacial score (nSPS) is 11.1. The van der Waals surface area contributed by atoms with Crippen LogP contribution in [-0.2, 0) is 6.61 Å². The lowest BCUT2D eigenvalue weighted by molar-refractivity contribution is 0.276. The smallest absolute Gasteiger partial charge is 0.195 e. The molecule has 0 radical (unpaired) electrons. The Labute approximate surface area is 92.8 Å². The maximum atomic E-state index is 9.36. The Balaban J connectivity index is 2.45. The number of fused-ring (bicyclic) bond motifs is 1. The zero-order valence-electron chi connectivity index (χ0n) is 8.97. The molecule has 0 amide bonds. The molecule has 0 unspecified atom stereocenters. The number of aliphatic hydroxyl groups is 1. The lowest BCUT2D eigenvalue weighted by atomic mass is 10.4. The number of imidazole rings is 1. The third kappa shape index (κ3) is 1.72. The summed E-state index contributed by atoms with van der Waals surface area (Å²) in [6, 6.07) is 0. The van der Waals surface area contributed by atoms with E-state index < -0.39 is 0 Å². The van der Waals surface area contributed by atoms with E-state index >= 15 is 0 Å². The molecule has 0 saturated carbocycles. The predicted molar refractivity (Wildman–Crippen MR) is 62.6 cm³/mol. The predicted octanol–water partition coefficient (Wildman–Crippen LogP) is 1.73. The SMILES string of the molecule is CCCN(C)c1nc2sccn2c1CO. The summed E-state index contributed by atoms with van der Waals surface area (Å²) >= 11 is 1.59. The van der Waals surface area contributed by atoms with Crippen molar-refractivity contribution in [2.24, 2.45) is 0 Å². The van der Waals surface area contributed by atoms with Gasteiger partial charge >= 0.3 is 0 Å². The number of thiazole rings is 1. The Morgan fingerprint density at radius 1 is 1.60 bits per heavy atom. The van der Waals surface area contributed by atoms with Gasteiger partial charge in [0.2, 0.25) is 0 Å². The van der Waals surface area contributed by atoms with E-state index in [0.717, 1.165) is 29.4 Å². The molecule has 0 saturated heterocycles. The number of aromatic nitrogens is 2. The lowest BCUT2D eigenvalue weighted by Gasteiger charge is -2.16. The molecule has 0 bridgehead atoms. The quantitative estimate of drug-likeness (QED) is 0.861. The summed E-state index contributed by atoms with van der Waals surface area (Å²) in [5.74, 6) is 0.895. The van der Waals surface area contributed by atoms with Crippen molar-refractivity contribution in [3.05, 3.63) is 17.3 Å². The molecule has 0 spiro atoms. The van der Waals surface area contributed by atoms with E-state index in [2.05, 4.69) is 16.8 Å². The highest BCUT2D eigenvalue weighted by Crippen LogP contribution is 2.23. The molecular weight excluding hydrogens is 210 g/mol. The van der Waals surface area contributed by atoms with Crippen molar-refractivity contribution >= 4 is 22.1 Å². The van der Waals surface area contributed by atoms with Crippen molar-refractivity contribution in [2.75, 3.05) is 18.5 Å². The van der Waals surface area contributed by atoms with E-state index in [1.165, 1.54) is 0 Å². The Hall–Kier alpha value is -1.07. The fraction of sp³-hybridized carbons (Fsp3) is 0.500. The van der Waals surface area contributed by atoms with Gasteiger partial charge in [-0.3, -0.25) is 4.40 Å². The molecule has 0 aromatic carbocycles. The molecule has 2 aromatic heterocycles. The van der Waals surface area contributed by atoms with Gasteiger partial charge in [0.15, 0.2) is 10.8 Å². The minimum absolute atomic E-state index is 0.0291. The average molecular weight is 225 g/mol. The van der Waals surface area contributed by atoms with E-state index in [9.17, 15) is 5.11 Å². The fourth-order valence-electron chi connectivity index (χ4n) is 1.72. The molecule has 4 nitrogen and oxygen atoms in total. The number of nitrogens with zero attached hydrogens (tertiary/aromatic N) is 3. The molecule has 0 atom stereocenters. The second-order valence-corrected chi connectivity index (χ2v) is 4.39. The molecule has 0 fully saturated rings. The van der Waals surface area contributed by atoms with Crippen molar-refractivity contribution in [2.45, 2.75) is 20.0 Å². The molecule has 82 valence electrons.